The zero-order valence-electron chi connectivity index (χ0n) is 26.7. The first-order chi connectivity index (χ1) is 24.8. The molecule has 0 saturated heterocycles. The molecule has 8 aromatic carbocycles. The van der Waals surface area contributed by atoms with Crippen molar-refractivity contribution in [3.63, 3.8) is 0 Å². The average molecular weight is 639 g/mol. The van der Waals surface area contributed by atoms with Crippen molar-refractivity contribution in [2.24, 2.45) is 0 Å². The van der Waals surface area contributed by atoms with Gasteiger partial charge in [0.2, 0.25) is 5.95 Å². The summed E-state index contributed by atoms with van der Waals surface area (Å²) in [5.74, 6) is 1.76. The van der Waals surface area contributed by atoms with Crippen LogP contribution in [0.1, 0.15) is 0 Å². The maximum atomic E-state index is 6.48. The summed E-state index contributed by atoms with van der Waals surface area (Å²) in [6.07, 6.45) is 0. The van der Waals surface area contributed by atoms with Crippen molar-refractivity contribution in [2.45, 2.75) is 0 Å². The minimum Gasteiger partial charge on any atom is -0.456 e. The molecule has 0 amide bonds. The van der Waals surface area contributed by atoms with Crippen LogP contribution in [0.3, 0.4) is 0 Å². The smallest absolute Gasteiger partial charge is 0.238 e. The van der Waals surface area contributed by atoms with E-state index in [-0.39, 0.29) is 0 Å². The van der Waals surface area contributed by atoms with Gasteiger partial charge in [0.05, 0.1) is 11.0 Å². The second kappa shape index (κ2) is 10.3. The third-order valence-electron chi connectivity index (χ3n) is 9.99. The lowest BCUT2D eigenvalue weighted by atomic mass is 10.0. The normalized spacial score (nSPS) is 12.0. The second-order valence-electron chi connectivity index (χ2n) is 12.9. The molecule has 3 aromatic heterocycles. The van der Waals surface area contributed by atoms with Gasteiger partial charge < -0.3 is 4.42 Å². The Kier molecular flexibility index (Phi) is 5.60. The van der Waals surface area contributed by atoms with Crippen LogP contribution in [0.2, 0.25) is 0 Å². The predicted molar refractivity (Wildman–Crippen MR) is 205 cm³/mol. The Hall–Kier alpha value is -6.85. The van der Waals surface area contributed by atoms with Crippen molar-refractivity contribution in [1.29, 1.82) is 0 Å². The third-order valence-corrected chi connectivity index (χ3v) is 9.99. The van der Waals surface area contributed by atoms with Crippen LogP contribution in [0.4, 0.5) is 0 Å². The Balaban J connectivity index is 1.26. The van der Waals surface area contributed by atoms with Gasteiger partial charge in [-0.2, -0.15) is 9.97 Å². The van der Waals surface area contributed by atoms with Crippen LogP contribution in [0.15, 0.2) is 162 Å². The number of rotatable bonds is 3. The average Bonchev–Trinajstić information content (AvgIpc) is 3.72. The lowest BCUT2D eigenvalue weighted by Crippen LogP contribution is -2.06. The summed E-state index contributed by atoms with van der Waals surface area (Å²) in [6.45, 7) is 0. The Morgan fingerprint density at radius 1 is 0.420 bits per heavy atom. The fraction of sp³-hybridized carbons (Fsp3) is 0. The summed E-state index contributed by atoms with van der Waals surface area (Å²) in [6, 6.07) is 55.1. The van der Waals surface area contributed by atoms with Crippen LogP contribution in [0.25, 0.3) is 105 Å². The zero-order chi connectivity index (χ0) is 32.8. The predicted octanol–water partition coefficient (Wildman–Crippen LogP) is 11.7. The van der Waals surface area contributed by atoms with E-state index in [2.05, 4.69) is 150 Å². The van der Waals surface area contributed by atoms with Crippen LogP contribution in [0, 0.1) is 0 Å². The minimum absolute atomic E-state index is 0.566. The summed E-state index contributed by atoms with van der Waals surface area (Å²) in [5, 5.41) is 11.2. The van der Waals surface area contributed by atoms with Gasteiger partial charge in [0.25, 0.3) is 0 Å². The molecule has 5 nitrogen and oxygen atoms in total. The second-order valence-corrected chi connectivity index (χ2v) is 12.9. The standard InChI is InChI=1S/C45H26N4O/c1-2-12-29-24-32(21-20-27(29)10-1)43-46-44(36-17-9-19-39-41(36)37-25-30-13-3-4-14-31(30)26-40(37)50-39)48-45(47-43)49-38-18-8-7-16-34(38)35-23-22-28-11-5-6-15-33(28)42(35)49/h1-26H. The zero-order valence-corrected chi connectivity index (χ0v) is 26.7. The van der Waals surface area contributed by atoms with E-state index in [1.54, 1.807) is 0 Å². The fourth-order valence-electron chi connectivity index (χ4n) is 7.68. The lowest BCUT2D eigenvalue weighted by molar-refractivity contribution is 0.669. The molecule has 50 heavy (non-hydrogen) atoms. The molecule has 11 rings (SSSR count). The van der Waals surface area contributed by atoms with E-state index in [4.69, 9.17) is 19.4 Å². The van der Waals surface area contributed by atoms with E-state index in [1.165, 1.54) is 5.39 Å². The largest absolute Gasteiger partial charge is 0.456 e. The summed E-state index contributed by atoms with van der Waals surface area (Å²) in [7, 11) is 0. The first-order valence-corrected chi connectivity index (χ1v) is 16.8. The number of para-hydroxylation sites is 1. The van der Waals surface area contributed by atoms with Gasteiger partial charge in [-0.15, -0.1) is 0 Å². The minimum atomic E-state index is 0.566. The molecular formula is C45H26N4O. The van der Waals surface area contributed by atoms with Gasteiger partial charge in [0.1, 0.15) is 11.2 Å². The maximum absolute atomic E-state index is 6.48. The van der Waals surface area contributed by atoms with E-state index < -0.39 is 0 Å². The first-order valence-electron chi connectivity index (χ1n) is 16.8. The molecule has 0 fully saturated rings. The van der Waals surface area contributed by atoms with E-state index >= 15 is 0 Å². The van der Waals surface area contributed by atoms with E-state index in [9.17, 15) is 0 Å². The molecule has 0 N–H and O–H groups in total. The lowest BCUT2D eigenvalue weighted by Gasteiger charge is -2.12. The Bertz CT molecular complexity index is 3170. The van der Waals surface area contributed by atoms with Gasteiger partial charge in [0.15, 0.2) is 11.6 Å². The summed E-state index contributed by atoms with van der Waals surface area (Å²) >= 11 is 0. The molecule has 0 atom stereocenters. The number of nitrogens with zero attached hydrogens (tertiary/aromatic N) is 4. The van der Waals surface area contributed by atoms with E-state index in [1.807, 2.05) is 12.1 Å². The number of fused-ring (bicyclic) bond motifs is 10. The molecule has 0 aliphatic carbocycles. The molecule has 0 bridgehead atoms. The molecule has 0 aliphatic heterocycles. The summed E-state index contributed by atoms with van der Waals surface area (Å²) < 4.78 is 8.69. The van der Waals surface area contributed by atoms with E-state index in [0.717, 1.165) is 81.8 Å². The summed E-state index contributed by atoms with van der Waals surface area (Å²) in [5.41, 5.74) is 5.57. The SMILES string of the molecule is c1ccc2cc(-c3nc(-c4cccc5oc6cc7ccccc7cc6c45)nc(-n4c5ccccc5c5ccc6ccccc6c54)n3)ccc2c1. The molecule has 0 unspecified atom stereocenters. The molecule has 0 radical (unpaired) electrons. The van der Waals surface area contributed by atoms with Crippen LogP contribution in [-0.2, 0) is 0 Å². The number of hydrogen-bond donors (Lipinski definition) is 0. The molecule has 0 aliphatic rings. The first kappa shape index (κ1) is 27.1. The van der Waals surface area contributed by atoms with Crippen LogP contribution < -0.4 is 0 Å². The van der Waals surface area contributed by atoms with Gasteiger partial charge >= 0.3 is 0 Å². The van der Waals surface area contributed by atoms with Gasteiger partial charge in [-0.3, -0.25) is 4.57 Å². The Morgan fingerprint density at radius 2 is 1.10 bits per heavy atom. The molecule has 232 valence electrons. The molecule has 5 heteroatoms. The highest BCUT2D eigenvalue weighted by Crippen LogP contribution is 2.40. The number of benzene rings is 8. The number of aromatic nitrogens is 4. The van der Waals surface area contributed by atoms with Crippen molar-refractivity contribution in [3.05, 3.63) is 158 Å². The van der Waals surface area contributed by atoms with Gasteiger partial charge in [-0.1, -0.05) is 127 Å². The highest BCUT2D eigenvalue weighted by Gasteiger charge is 2.21. The van der Waals surface area contributed by atoms with Crippen molar-refractivity contribution in [1.82, 2.24) is 19.5 Å². The van der Waals surface area contributed by atoms with Crippen molar-refractivity contribution in [3.8, 4) is 28.7 Å². The highest BCUT2D eigenvalue weighted by atomic mass is 16.3. The van der Waals surface area contributed by atoms with Crippen LogP contribution in [0.5, 0.6) is 0 Å². The van der Waals surface area contributed by atoms with Crippen LogP contribution in [-0.4, -0.2) is 19.5 Å². The van der Waals surface area contributed by atoms with Crippen molar-refractivity contribution in [2.75, 3.05) is 0 Å². The van der Waals surface area contributed by atoms with Crippen molar-refractivity contribution < 1.29 is 4.42 Å². The third kappa shape index (κ3) is 3.98. The van der Waals surface area contributed by atoms with E-state index in [0.29, 0.717) is 17.6 Å². The molecular weight excluding hydrogens is 613 g/mol. The van der Waals surface area contributed by atoms with Gasteiger partial charge in [0, 0.05) is 38.1 Å². The Morgan fingerprint density at radius 3 is 1.96 bits per heavy atom. The number of furan rings is 1. The fourth-order valence-corrected chi connectivity index (χ4v) is 7.68. The quantitative estimate of drug-likeness (QED) is 0.193. The molecule has 0 saturated carbocycles. The molecule has 0 spiro atoms. The number of hydrogen-bond acceptors (Lipinski definition) is 4. The maximum Gasteiger partial charge on any atom is 0.238 e. The monoisotopic (exact) mass is 638 g/mol. The topological polar surface area (TPSA) is 56.7 Å². The van der Waals surface area contributed by atoms with Gasteiger partial charge in [-0.25, -0.2) is 4.98 Å². The van der Waals surface area contributed by atoms with Crippen molar-refractivity contribution >= 4 is 76.1 Å². The molecule has 3 heterocycles. The Labute approximate surface area is 285 Å². The molecule has 11 aromatic rings. The highest BCUT2D eigenvalue weighted by molar-refractivity contribution is 6.19. The van der Waals surface area contributed by atoms with Gasteiger partial charge in [-0.05, 0) is 57.3 Å². The van der Waals surface area contributed by atoms with Crippen LogP contribution >= 0.6 is 0 Å². The summed E-state index contributed by atoms with van der Waals surface area (Å²) in [4.78, 5) is 15.8.